The van der Waals surface area contributed by atoms with Crippen LogP contribution >= 0.6 is 0 Å². The molecule has 0 bridgehead atoms. The number of carboxylic acid groups (broad SMARTS) is 1. The Balaban J connectivity index is 2.14. The highest BCUT2D eigenvalue weighted by Crippen LogP contribution is 2.20. The van der Waals surface area contributed by atoms with Crippen molar-refractivity contribution in [2.24, 2.45) is 0 Å². The highest BCUT2D eigenvalue weighted by molar-refractivity contribution is 5.93. The second kappa shape index (κ2) is 6.08. The first-order chi connectivity index (χ1) is 11.1. The molecule has 3 rings (SSSR count). The van der Waals surface area contributed by atoms with Crippen LogP contribution in [0.15, 0.2) is 61.1 Å². The summed E-state index contributed by atoms with van der Waals surface area (Å²) in [4.78, 5) is 15.2. The van der Waals surface area contributed by atoms with Crippen molar-refractivity contribution in [3.8, 4) is 23.4 Å². The lowest BCUT2D eigenvalue weighted by molar-refractivity contribution is 0.0697. The Morgan fingerprint density at radius 1 is 1.09 bits per heavy atom. The summed E-state index contributed by atoms with van der Waals surface area (Å²) in [7, 11) is 0. The fraction of sp³-hybridized carbons (Fsp3) is 0. The quantitative estimate of drug-likeness (QED) is 0.714. The molecular weight excluding hydrogens is 292 g/mol. The number of carbonyl (C=O) groups is 1. The Kier molecular flexibility index (Phi) is 3.81. The van der Waals surface area contributed by atoms with Crippen LogP contribution in [0.2, 0.25) is 0 Å². The van der Waals surface area contributed by atoms with Gasteiger partial charge in [-0.25, -0.2) is 9.78 Å². The highest BCUT2D eigenvalue weighted by atomic mass is 16.4. The van der Waals surface area contributed by atoms with Gasteiger partial charge in [0, 0.05) is 35.8 Å². The molecule has 0 aliphatic carbocycles. The van der Waals surface area contributed by atoms with Crippen molar-refractivity contribution in [3.63, 3.8) is 0 Å². The Morgan fingerprint density at radius 3 is 2.57 bits per heavy atom. The van der Waals surface area contributed by atoms with E-state index in [2.05, 4.69) is 16.8 Å². The number of aromatic hydroxyl groups is 1. The van der Waals surface area contributed by atoms with Gasteiger partial charge in [-0.1, -0.05) is 17.9 Å². The van der Waals surface area contributed by atoms with Gasteiger partial charge in [-0.05, 0) is 30.3 Å². The van der Waals surface area contributed by atoms with Crippen LogP contribution in [-0.2, 0) is 0 Å². The molecule has 0 amide bonds. The molecule has 2 N–H and O–H groups in total. The van der Waals surface area contributed by atoms with Crippen LogP contribution in [0.3, 0.4) is 0 Å². The average Bonchev–Trinajstić information content (AvgIpc) is 3.06. The predicted octanol–water partition coefficient (Wildman–Crippen LogP) is 2.68. The van der Waals surface area contributed by atoms with E-state index < -0.39 is 5.97 Å². The van der Waals surface area contributed by atoms with Crippen molar-refractivity contribution >= 4 is 5.97 Å². The number of hydrogen-bond donors (Lipinski definition) is 2. The third-order valence-corrected chi connectivity index (χ3v) is 3.22. The van der Waals surface area contributed by atoms with Gasteiger partial charge in [0.05, 0.1) is 11.3 Å². The van der Waals surface area contributed by atoms with E-state index in [1.54, 1.807) is 41.2 Å². The maximum atomic E-state index is 11.5. The summed E-state index contributed by atoms with van der Waals surface area (Å²) in [5, 5.41) is 18.8. The lowest BCUT2D eigenvalue weighted by Crippen LogP contribution is -2.06. The molecular formula is C18H12N2O3. The van der Waals surface area contributed by atoms with Gasteiger partial charge < -0.3 is 14.8 Å². The standard InChI is InChI=1S/C18H12N2O3/c21-16-12-13(8-9-19-16)6-7-14-4-3-5-15(18(22)23)17(14)20-10-1-2-11-20/h1-5,8-12H,(H,19,21)(H,22,23). The van der Waals surface area contributed by atoms with Gasteiger partial charge >= 0.3 is 5.97 Å². The molecule has 3 aromatic rings. The molecule has 0 radical (unpaired) electrons. The Hall–Kier alpha value is -3.52. The van der Waals surface area contributed by atoms with E-state index in [-0.39, 0.29) is 11.4 Å². The summed E-state index contributed by atoms with van der Waals surface area (Å²) in [6.45, 7) is 0. The topological polar surface area (TPSA) is 75.3 Å². The fourth-order valence-corrected chi connectivity index (χ4v) is 2.21. The maximum absolute atomic E-state index is 11.5. The summed E-state index contributed by atoms with van der Waals surface area (Å²) in [5.74, 6) is 4.76. The summed E-state index contributed by atoms with van der Waals surface area (Å²) < 4.78 is 1.72. The zero-order valence-electron chi connectivity index (χ0n) is 12.0. The Morgan fingerprint density at radius 2 is 1.87 bits per heavy atom. The Bertz CT molecular complexity index is 919. The highest BCUT2D eigenvalue weighted by Gasteiger charge is 2.14. The lowest BCUT2D eigenvalue weighted by Gasteiger charge is -2.10. The van der Waals surface area contributed by atoms with Crippen molar-refractivity contribution in [2.75, 3.05) is 0 Å². The fourth-order valence-electron chi connectivity index (χ4n) is 2.21. The Labute approximate surface area is 132 Å². The molecule has 0 saturated carbocycles. The van der Waals surface area contributed by atoms with Crippen molar-refractivity contribution in [3.05, 3.63) is 77.7 Å². The van der Waals surface area contributed by atoms with Crippen molar-refractivity contribution in [1.29, 1.82) is 0 Å². The maximum Gasteiger partial charge on any atom is 0.337 e. The second-order valence-electron chi connectivity index (χ2n) is 4.75. The number of rotatable bonds is 2. The van der Waals surface area contributed by atoms with Crippen LogP contribution in [0.25, 0.3) is 5.69 Å². The van der Waals surface area contributed by atoms with Gasteiger partial charge in [0.2, 0.25) is 5.88 Å². The molecule has 0 aliphatic rings. The van der Waals surface area contributed by atoms with Gasteiger partial charge in [0.1, 0.15) is 0 Å². The van der Waals surface area contributed by atoms with Crippen LogP contribution in [0.5, 0.6) is 5.88 Å². The van der Waals surface area contributed by atoms with Crippen LogP contribution in [-0.4, -0.2) is 25.7 Å². The molecule has 0 saturated heterocycles. The number of carboxylic acids is 1. The molecule has 2 aromatic heterocycles. The van der Waals surface area contributed by atoms with Crippen LogP contribution < -0.4 is 0 Å². The zero-order chi connectivity index (χ0) is 16.2. The summed E-state index contributed by atoms with van der Waals surface area (Å²) in [6.07, 6.45) is 5.00. The van der Waals surface area contributed by atoms with E-state index in [1.807, 2.05) is 12.1 Å². The molecule has 1 aromatic carbocycles. The average molecular weight is 304 g/mol. The number of hydrogen-bond acceptors (Lipinski definition) is 3. The van der Waals surface area contributed by atoms with Gasteiger partial charge in [-0.15, -0.1) is 0 Å². The molecule has 2 heterocycles. The van der Waals surface area contributed by atoms with E-state index in [0.717, 1.165) is 0 Å². The first-order valence-electron chi connectivity index (χ1n) is 6.82. The van der Waals surface area contributed by atoms with Crippen molar-refractivity contribution in [1.82, 2.24) is 9.55 Å². The molecule has 0 unspecified atom stereocenters. The van der Waals surface area contributed by atoms with Gasteiger partial charge in [0.25, 0.3) is 0 Å². The van der Waals surface area contributed by atoms with E-state index >= 15 is 0 Å². The van der Waals surface area contributed by atoms with Crippen molar-refractivity contribution < 1.29 is 15.0 Å². The third-order valence-electron chi connectivity index (χ3n) is 3.22. The molecule has 0 fully saturated rings. The number of pyridine rings is 1. The number of nitrogens with zero attached hydrogens (tertiary/aromatic N) is 2. The largest absolute Gasteiger partial charge is 0.493 e. The molecule has 5 heteroatoms. The number of para-hydroxylation sites is 1. The number of benzene rings is 1. The smallest absolute Gasteiger partial charge is 0.337 e. The van der Waals surface area contributed by atoms with Crippen LogP contribution in [0, 0.1) is 11.8 Å². The van der Waals surface area contributed by atoms with Crippen molar-refractivity contribution in [2.45, 2.75) is 0 Å². The zero-order valence-corrected chi connectivity index (χ0v) is 12.0. The minimum absolute atomic E-state index is 0.110. The summed E-state index contributed by atoms with van der Waals surface area (Å²) >= 11 is 0. The molecule has 0 spiro atoms. The lowest BCUT2D eigenvalue weighted by atomic mass is 10.1. The normalized spacial score (nSPS) is 9.91. The van der Waals surface area contributed by atoms with Gasteiger partial charge in [-0.2, -0.15) is 0 Å². The minimum Gasteiger partial charge on any atom is -0.493 e. The molecule has 5 nitrogen and oxygen atoms in total. The first kappa shape index (κ1) is 14.4. The van der Waals surface area contributed by atoms with E-state index in [9.17, 15) is 15.0 Å². The monoisotopic (exact) mass is 304 g/mol. The minimum atomic E-state index is -1.01. The molecule has 23 heavy (non-hydrogen) atoms. The number of aromatic nitrogens is 2. The predicted molar refractivity (Wildman–Crippen MR) is 84.6 cm³/mol. The van der Waals surface area contributed by atoms with E-state index in [4.69, 9.17) is 0 Å². The van der Waals surface area contributed by atoms with E-state index in [0.29, 0.717) is 16.8 Å². The summed E-state index contributed by atoms with van der Waals surface area (Å²) in [6, 6.07) is 11.7. The van der Waals surface area contributed by atoms with Gasteiger partial charge in [-0.3, -0.25) is 0 Å². The number of aromatic carboxylic acids is 1. The van der Waals surface area contributed by atoms with E-state index in [1.165, 1.54) is 12.3 Å². The third kappa shape index (κ3) is 3.06. The second-order valence-corrected chi connectivity index (χ2v) is 4.75. The molecule has 0 aliphatic heterocycles. The molecule has 0 atom stereocenters. The van der Waals surface area contributed by atoms with Crippen LogP contribution in [0.1, 0.15) is 21.5 Å². The SMILES string of the molecule is O=C(O)c1cccc(C#Cc2ccnc(O)c2)c1-n1cccc1. The molecule has 112 valence electrons. The van der Waals surface area contributed by atoms with Crippen LogP contribution in [0.4, 0.5) is 0 Å². The van der Waals surface area contributed by atoms with Gasteiger partial charge in [0.15, 0.2) is 0 Å². The first-order valence-corrected chi connectivity index (χ1v) is 6.82. The summed E-state index contributed by atoms with van der Waals surface area (Å²) in [5.41, 5.74) is 1.86.